The molecule has 1 aliphatic rings. The fraction of sp³-hybridized carbons (Fsp3) is 0.316. The molecule has 1 atom stereocenters. The highest BCUT2D eigenvalue weighted by Gasteiger charge is 2.18. The molecule has 0 bridgehead atoms. The third-order valence-electron chi connectivity index (χ3n) is 4.38. The first-order valence-electron chi connectivity index (χ1n) is 8.10. The Kier molecular flexibility index (Phi) is 4.63. The molecule has 0 aromatic heterocycles. The summed E-state index contributed by atoms with van der Waals surface area (Å²) in [6.45, 7) is 4.14. The van der Waals surface area contributed by atoms with Gasteiger partial charge in [0.1, 0.15) is 0 Å². The van der Waals surface area contributed by atoms with E-state index in [1.165, 1.54) is 16.8 Å². The first-order chi connectivity index (χ1) is 11.2. The number of para-hydroxylation sites is 1. The Hall–Kier alpha value is -2.33. The third-order valence-corrected chi connectivity index (χ3v) is 4.38. The second-order valence-corrected chi connectivity index (χ2v) is 6.12. The largest absolute Gasteiger partial charge is 0.367 e. The molecule has 1 unspecified atom stereocenters. The molecule has 1 amide bonds. The van der Waals surface area contributed by atoms with Crippen LogP contribution in [0.4, 0.5) is 11.4 Å². The van der Waals surface area contributed by atoms with Gasteiger partial charge in [-0.25, -0.2) is 0 Å². The monoisotopic (exact) mass is 309 g/mol. The van der Waals surface area contributed by atoms with Crippen molar-refractivity contribution in [3.05, 3.63) is 59.7 Å². The van der Waals surface area contributed by atoms with E-state index in [1.54, 1.807) is 0 Å². The highest BCUT2D eigenvalue weighted by molar-refractivity contribution is 5.92. The van der Waals surface area contributed by atoms with E-state index in [9.17, 15) is 4.79 Å². The molecule has 4 nitrogen and oxygen atoms in total. The molecule has 1 aliphatic heterocycles. The van der Waals surface area contributed by atoms with Gasteiger partial charge < -0.3 is 16.0 Å². The maximum absolute atomic E-state index is 11.8. The second kappa shape index (κ2) is 6.84. The minimum Gasteiger partial charge on any atom is -0.367 e. The van der Waals surface area contributed by atoms with Crippen molar-refractivity contribution in [2.45, 2.75) is 19.9 Å². The molecule has 2 aromatic carbocycles. The zero-order valence-corrected chi connectivity index (χ0v) is 13.5. The molecule has 1 heterocycles. The summed E-state index contributed by atoms with van der Waals surface area (Å²) < 4.78 is 0. The first-order valence-corrected chi connectivity index (χ1v) is 8.10. The van der Waals surface area contributed by atoms with E-state index in [4.69, 9.17) is 5.73 Å². The van der Waals surface area contributed by atoms with E-state index in [0.717, 1.165) is 25.2 Å². The number of nitrogens with one attached hydrogen (secondary N) is 1. The Morgan fingerprint density at radius 3 is 2.70 bits per heavy atom. The van der Waals surface area contributed by atoms with Crippen LogP contribution in [0.1, 0.15) is 18.1 Å². The lowest BCUT2D eigenvalue weighted by Gasteiger charge is -2.19. The number of fused-ring (bicyclic) bond motifs is 1. The molecule has 0 radical (unpaired) electrons. The van der Waals surface area contributed by atoms with Crippen LogP contribution >= 0.6 is 0 Å². The summed E-state index contributed by atoms with van der Waals surface area (Å²) in [6, 6.07) is 16.6. The van der Waals surface area contributed by atoms with Crippen molar-refractivity contribution in [2.75, 3.05) is 23.3 Å². The Morgan fingerprint density at radius 2 is 1.96 bits per heavy atom. The fourth-order valence-electron chi connectivity index (χ4n) is 2.86. The van der Waals surface area contributed by atoms with Crippen molar-refractivity contribution in [1.82, 2.24) is 0 Å². The normalized spacial score (nSPS) is 14.4. The molecule has 0 saturated heterocycles. The average Bonchev–Trinajstić information content (AvgIpc) is 2.99. The summed E-state index contributed by atoms with van der Waals surface area (Å²) in [4.78, 5) is 14.2. The fourth-order valence-corrected chi connectivity index (χ4v) is 2.86. The summed E-state index contributed by atoms with van der Waals surface area (Å²) in [5, 5.41) is 2.90. The van der Waals surface area contributed by atoms with Crippen molar-refractivity contribution in [3.63, 3.8) is 0 Å². The lowest BCUT2D eigenvalue weighted by atomic mass is 10.1. The Morgan fingerprint density at radius 1 is 1.22 bits per heavy atom. The van der Waals surface area contributed by atoms with Crippen LogP contribution < -0.4 is 16.0 Å². The van der Waals surface area contributed by atoms with Gasteiger partial charge in [-0.05, 0) is 35.7 Å². The number of carbonyl (C=O) groups excluding carboxylic acids is 1. The van der Waals surface area contributed by atoms with Crippen LogP contribution in [0.3, 0.4) is 0 Å². The smallest absolute Gasteiger partial charge is 0.228 e. The molecule has 4 heteroatoms. The number of hydrogen-bond acceptors (Lipinski definition) is 3. The zero-order chi connectivity index (χ0) is 16.2. The van der Waals surface area contributed by atoms with Gasteiger partial charge in [0.15, 0.2) is 0 Å². The van der Waals surface area contributed by atoms with Crippen molar-refractivity contribution in [3.8, 4) is 0 Å². The lowest BCUT2D eigenvalue weighted by molar-refractivity contribution is -0.119. The molecule has 120 valence electrons. The first kappa shape index (κ1) is 15.6. The molecule has 0 fully saturated rings. The Balaban J connectivity index is 1.64. The summed E-state index contributed by atoms with van der Waals surface area (Å²) in [7, 11) is 0. The number of rotatable bonds is 5. The van der Waals surface area contributed by atoms with Crippen molar-refractivity contribution in [2.24, 2.45) is 11.7 Å². The number of nitrogens with zero attached hydrogens (tertiary/aromatic N) is 1. The predicted octanol–water partition coefficient (Wildman–Crippen LogP) is 2.78. The van der Waals surface area contributed by atoms with Gasteiger partial charge in [0, 0.05) is 36.9 Å². The number of carbonyl (C=O) groups is 1. The number of hydrogen-bond donors (Lipinski definition) is 2. The average molecular weight is 309 g/mol. The number of nitrogens with two attached hydrogens (primary N) is 1. The van der Waals surface area contributed by atoms with Crippen molar-refractivity contribution in [1.29, 1.82) is 0 Å². The van der Waals surface area contributed by atoms with E-state index in [-0.39, 0.29) is 11.8 Å². The molecule has 23 heavy (non-hydrogen) atoms. The van der Waals surface area contributed by atoms with Crippen LogP contribution in [0, 0.1) is 5.92 Å². The summed E-state index contributed by atoms with van der Waals surface area (Å²) in [5.74, 6) is -0.204. The molecular weight excluding hydrogens is 286 g/mol. The van der Waals surface area contributed by atoms with Gasteiger partial charge in [-0.15, -0.1) is 0 Å². The molecular formula is C19H23N3O. The molecule has 0 aliphatic carbocycles. The van der Waals surface area contributed by atoms with Gasteiger partial charge in [-0.1, -0.05) is 37.3 Å². The van der Waals surface area contributed by atoms with Crippen LogP contribution in [0.5, 0.6) is 0 Å². The number of benzene rings is 2. The Labute approximate surface area is 137 Å². The molecule has 2 aromatic rings. The van der Waals surface area contributed by atoms with Crippen LogP contribution in [-0.4, -0.2) is 19.0 Å². The standard InChI is InChI=1S/C19H23N3O/c1-14(12-20)19(23)21-17-8-6-15(7-9-17)13-22-11-10-16-4-2-3-5-18(16)22/h2-9,14H,10-13,20H2,1H3,(H,21,23). The Bertz CT molecular complexity index is 681. The summed E-state index contributed by atoms with van der Waals surface area (Å²) in [5.41, 5.74) is 10.3. The SMILES string of the molecule is CC(CN)C(=O)Nc1ccc(CN2CCc3ccccc32)cc1. The predicted molar refractivity (Wildman–Crippen MR) is 94.5 cm³/mol. The van der Waals surface area contributed by atoms with E-state index in [2.05, 4.69) is 46.6 Å². The van der Waals surface area contributed by atoms with Crippen LogP contribution in [0.2, 0.25) is 0 Å². The van der Waals surface area contributed by atoms with Gasteiger partial charge in [-0.2, -0.15) is 0 Å². The summed E-state index contributed by atoms with van der Waals surface area (Å²) in [6.07, 6.45) is 1.11. The van der Waals surface area contributed by atoms with Gasteiger partial charge in [-0.3, -0.25) is 4.79 Å². The quantitative estimate of drug-likeness (QED) is 0.893. The summed E-state index contributed by atoms with van der Waals surface area (Å²) >= 11 is 0. The maximum atomic E-state index is 11.8. The molecule has 3 N–H and O–H groups in total. The minimum atomic E-state index is -0.171. The van der Waals surface area contributed by atoms with E-state index in [1.807, 2.05) is 19.1 Å². The molecule has 0 saturated carbocycles. The van der Waals surface area contributed by atoms with Crippen LogP contribution in [0.15, 0.2) is 48.5 Å². The highest BCUT2D eigenvalue weighted by Crippen LogP contribution is 2.28. The van der Waals surface area contributed by atoms with Gasteiger partial charge in [0.25, 0.3) is 0 Å². The van der Waals surface area contributed by atoms with Gasteiger partial charge >= 0.3 is 0 Å². The van der Waals surface area contributed by atoms with Crippen LogP contribution in [0.25, 0.3) is 0 Å². The number of amides is 1. The van der Waals surface area contributed by atoms with Crippen molar-refractivity contribution >= 4 is 17.3 Å². The highest BCUT2D eigenvalue weighted by atomic mass is 16.1. The van der Waals surface area contributed by atoms with Gasteiger partial charge in [0.2, 0.25) is 5.91 Å². The van der Waals surface area contributed by atoms with Crippen molar-refractivity contribution < 1.29 is 4.79 Å². The maximum Gasteiger partial charge on any atom is 0.228 e. The van der Waals surface area contributed by atoms with E-state index < -0.39 is 0 Å². The minimum absolute atomic E-state index is 0.0336. The van der Waals surface area contributed by atoms with E-state index in [0.29, 0.717) is 6.54 Å². The molecule has 0 spiro atoms. The third kappa shape index (κ3) is 3.54. The zero-order valence-electron chi connectivity index (χ0n) is 13.5. The van der Waals surface area contributed by atoms with Crippen LogP contribution in [-0.2, 0) is 17.8 Å². The molecule has 3 rings (SSSR count). The number of anilines is 2. The van der Waals surface area contributed by atoms with Gasteiger partial charge in [0.05, 0.1) is 0 Å². The lowest BCUT2D eigenvalue weighted by Crippen LogP contribution is -2.26. The second-order valence-electron chi connectivity index (χ2n) is 6.12. The van der Waals surface area contributed by atoms with E-state index >= 15 is 0 Å². The topological polar surface area (TPSA) is 58.4 Å².